The van der Waals surface area contributed by atoms with Crippen LogP contribution in [0.2, 0.25) is 5.02 Å². The molecule has 1 N–H and O–H groups in total. The van der Waals surface area contributed by atoms with Crippen molar-refractivity contribution in [3.8, 4) is 0 Å². The molecule has 0 aliphatic carbocycles. The van der Waals surface area contributed by atoms with Crippen molar-refractivity contribution in [2.75, 3.05) is 0 Å². The maximum atomic E-state index is 6.19. The lowest BCUT2D eigenvalue weighted by Crippen LogP contribution is -2.25. The van der Waals surface area contributed by atoms with Gasteiger partial charge in [-0.3, -0.25) is 0 Å². The Bertz CT molecular complexity index is 366. The molecule has 18 heavy (non-hydrogen) atoms. The van der Waals surface area contributed by atoms with E-state index in [0.717, 1.165) is 27.5 Å². The van der Waals surface area contributed by atoms with Gasteiger partial charge in [-0.25, -0.2) is 0 Å². The number of nitrogens with one attached hydrogen (secondary N) is 1. The maximum Gasteiger partial charge on any atom is 0.0462 e. The average molecular weight is 333 g/mol. The standard InChI is InChI=1S/C15H23BrClN/c1-11(2)5-4-6-12(3)18-10-13-7-8-14(16)9-15(13)17/h7-9,11-12,18H,4-6,10H2,1-3H3. The summed E-state index contributed by atoms with van der Waals surface area (Å²) in [6, 6.07) is 6.60. The molecule has 3 heteroatoms. The van der Waals surface area contributed by atoms with Crippen LogP contribution < -0.4 is 5.32 Å². The predicted octanol–water partition coefficient (Wildman–Crippen LogP) is 5.41. The number of rotatable bonds is 7. The second-order valence-electron chi connectivity index (χ2n) is 5.34. The first-order valence-corrected chi connectivity index (χ1v) is 7.83. The zero-order valence-corrected chi connectivity index (χ0v) is 13.8. The molecule has 0 saturated carbocycles. The van der Waals surface area contributed by atoms with Gasteiger partial charge in [0.1, 0.15) is 0 Å². The summed E-state index contributed by atoms with van der Waals surface area (Å²) in [5.41, 5.74) is 1.16. The van der Waals surface area contributed by atoms with E-state index in [1.54, 1.807) is 0 Å². The van der Waals surface area contributed by atoms with E-state index in [-0.39, 0.29) is 0 Å². The normalized spacial score (nSPS) is 13.0. The van der Waals surface area contributed by atoms with Crippen LogP contribution in [0.1, 0.15) is 45.6 Å². The molecule has 102 valence electrons. The molecule has 1 rings (SSSR count). The van der Waals surface area contributed by atoms with E-state index in [9.17, 15) is 0 Å². The fourth-order valence-electron chi connectivity index (χ4n) is 1.88. The van der Waals surface area contributed by atoms with E-state index in [4.69, 9.17) is 11.6 Å². The first-order valence-electron chi connectivity index (χ1n) is 6.66. The van der Waals surface area contributed by atoms with Crippen LogP contribution in [0, 0.1) is 5.92 Å². The zero-order valence-electron chi connectivity index (χ0n) is 11.5. The van der Waals surface area contributed by atoms with Crippen molar-refractivity contribution in [2.45, 2.75) is 52.6 Å². The van der Waals surface area contributed by atoms with Crippen molar-refractivity contribution in [2.24, 2.45) is 5.92 Å². The summed E-state index contributed by atoms with van der Waals surface area (Å²) in [5, 5.41) is 4.36. The minimum Gasteiger partial charge on any atom is -0.310 e. The molecule has 1 unspecified atom stereocenters. The molecule has 1 nitrogen and oxygen atoms in total. The molecular formula is C15H23BrClN. The molecule has 0 saturated heterocycles. The highest BCUT2D eigenvalue weighted by atomic mass is 79.9. The van der Waals surface area contributed by atoms with Gasteiger partial charge < -0.3 is 5.32 Å². The van der Waals surface area contributed by atoms with Crippen molar-refractivity contribution in [3.05, 3.63) is 33.3 Å². The summed E-state index contributed by atoms with van der Waals surface area (Å²) in [6.07, 6.45) is 3.83. The molecule has 0 heterocycles. The van der Waals surface area contributed by atoms with E-state index >= 15 is 0 Å². The maximum absolute atomic E-state index is 6.19. The largest absolute Gasteiger partial charge is 0.310 e. The van der Waals surface area contributed by atoms with Gasteiger partial charge in [0, 0.05) is 22.1 Å². The lowest BCUT2D eigenvalue weighted by Gasteiger charge is -2.15. The van der Waals surface area contributed by atoms with Crippen LogP contribution in [0.25, 0.3) is 0 Å². The van der Waals surface area contributed by atoms with Crippen LogP contribution in [0.5, 0.6) is 0 Å². The Morgan fingerprint density at radius 2 is 1.94 bits per heavy atom. The Labute approximate surface area is 124 Å². The first-order chi connectivity index (χ1) is 8.49. The van der Waals surface area contributed by atoms with E-state index in [2.05, 4.69) is 48.1 Å². The third-order valence-corrected chi connectivity index (χ3v) is 3.92. The van der Waals surface area contributed by atoms with Gasteiger partial charge in [0.2, 0.25) is 0 Å². The van der Waals surface area contributed by atoms with Gasteiger partial charge in [0.05, 0.1) is 0 Å². The molecule has 0 spiro atoms. The number of hydrogen-bond acceptors (Lipinski definition) is 1. The van der Waals surface area contributed by atoms with Gasteiger partial charge >= 0.3 is 0 Å². The molecule has 1 aromatic carbocycles. The topological polar surface area (TPSA) is 12.0 Å². The Hall–Kier alpha value is -0.0500. The van der Waals surface area contributed by atoms with E-state index in [1.807, 2.05) is 12.1 Å². The number of hydrogen-bond donors (Lipinski definition) is 1. The lowest BCUT2D eigenvalue weighted by atomic mass is 10.0. The van der Waals surface area contributed by atoms with E-state index in [0.29, 0.717) is 6.04 Å². The molecule has 0 amide bonds. The molecule has 0 bridgehead atoms. The number of halogens is 2. The van der Waals surface area contributed by atoms with Crippen LogP contribution in [-0.4, -0.2) is 6.04 Å². The Kier molecular flexibility index (Phi) is 7.28. The monoisotopic (exact) mass is 331 g/mol. The fraction of sp³-hybridized carbons (Fsp3) is 0.600. The highest BCUT2D eigenvalue weighted by Gasteiger charge is 2.05. The van der Waals surface area contributed by atoms with E-state index in [1.165, 1.54) is 19.3 Å². The molecule has 0 aliphatic rings. The third kappa shape index (κ3) is 6.21. The molecule has 1 aromatic rings. The van der Waals surface area contributed by atoms with Crippen molar-refractivity contribution in [3.63, 3.8) is 0 Å². The van der Waals surface area contributed by atoms with Crippen molar-refractivity contribution >= 4 is 27.5 Å². The summed E-state index contributed by atoms with van der Waals surface area (Å²) < 4.78 is 1.03. The van der Waals surface area contributed by atoms with Gasteiger partial charge in [-0.15, -0.1) is 0 Å². The highest BCUT2D eigenvalue weighted by Crippen LogP contribution is 2.21. The van der Waals surface area contributed by atoms with Crippen LogP contribution >= 0.6 is 27.5 Å². The summed E-state index contributed by atoms with van der Waals surface area (Å²) in [7, 11) is 0. The fourth-order valence-corrected chi connectivity index (χ4v) is 2.62. The molecule has 0 radical (unpaired) electrons. The van der Waals surface area contributed by atoms with Crippen LogP contribution in [0.15, 0.2) is 22.7 Å². The Morgan fingerprint density at radius 1 is 1.22 bits per heavy atom. The molecule has 1 atom stereocenters. The van der Waals surface area contributed by atoms with Crippen molar-refractivity contribution in [1.29, 1.82) is 0 Å². The van der Waals surface area contributed by atoms with Crippen LogP contribution in [0.4, 0.5) is 0 Å². The summed E-state index contributed by atoms with van der Waals surface area (Å²) in [6.45, 7) is 7.64. The second kappa shape index (κ2) is 8.19. The first kappa shape index (κ1) is 16.0. The van der Waals surface area contributed by atoms with Gasteiger partial charge in [0.25, 0.3) is 0 Å². The minimum atomic E-state index is 0.545. The smallest absolute Gasteiger partial charge is 0.0462 e. The second-order valence-corrected chi connectivity index (χ2v) is 6.67. The molecular weight excluding hydrogens is 310 g/mol. The molecule has 0 aromatic heterocycles. The van der Waals surface area contributed by atoms with Gasteiger partial charge in [0.15, 0.2) is 0 Å². The van der Waals surface area contributed by atoms with Crippen LogP contribution in [0.3, 0.4) is 0 Å². The van der Waals surface area contributed by atoms with Crippen LogP contribution in [-0.2, 0) is 6.54 Å². The van der Waals surface area contributed by atoms with E-state index < -0.39 is 0 Å². The molecule has 0 fully saturated rings. The van der Waals surface area contributed by atoms with Gasteiger partial charge in [-0.1, -0.05) is 60.3 Å². The third-order valence-electron chi connectivity index (χ3n) is 3.07. The predicted molar refractivity (Wildman–Crippen MR) is 84.1 cm³/mol. The number of benzene rings is 1. The summed E-state index contributed by atoms with van der Waals surface area (Å²) >= 11 is 9.61. The van der Waals surface area contributed by atoms with Gasteiger partial charge in [-0.2, -0.15) is 0 Å². The average Bonchev–Trinajstić information content (AvgIpc) is 2.27. The summed E-state index contributed by atoms with van der Waals surface area (Å²) in [5.74, 6) is 0.804. The summed E-state index contributed by atoms with van der Waals surface area (Å²) in [4.78, 5) is 0. The zero-order chi connectivity index (χ0) is 13.5. The highest BCUT2D eigenvalue weighted by molar-refractivity contribution is 9.10. The lowest BCUT2D eigenvalue weighted by molar-refractivity contribution is 0.457. The minimum absolute atomic E-state index is 0.545. The quantitative estimate of drug-likeness (QED) is 0.704. The van der Waals surface area contributed by atoms with Gasteiger partial charge in [-0.05, 0) is 37.0 Å². The Balaban J connectivity index is 2.31. The van der Waals surface area contributed by atoms with Crippen molar-refractivity contribution < 1.29 is 0 Å². The Morgan fingerprint density at radius 3 is 2.56 bits per heavy atom. The van der Waals surface area contributed by atoms with Crippen molar-refractivity contribution in [1.82, 2.24) is 5.32 Å². The SMILES string of the molecule is CC(C)CCCC(C)NCc1ccc(Br)cc1Cl. The molecule has 0 aliphatic heterocycles.